The van der Waals surface area contributed by atoms with Gasteiger partial charge in [-0.1, -0.05) is 48.5 Å². The number of carbonyl (C=O) groups excluding carboxylic acids is 1. The van der Waals surface area contributed by atoms with Crippen molar-refractivity contribution in [1.82, 2.24) is 0 Å². The maximum Gasteiger partial charge on any atom is 0.339 e. The van der Waals surface area contributed by atoms with Gasteiger partial charge in [-0.05, 0) is 55.7 Å². The Hall–Kier alpha value is -3.35. The van der Waals surface area contributed by atoms with E-state index in [1.807, 2.05) is 57.2 Å². The second kappa shape index (κ2) is 9.25. The number of ether oxygens (including phenoxy) is 2. The molecule has 3 aromatic carbocycles. The lowest BCUT2D eigenvalue weighted by Gasteiger charge is -2.31. The summed E-state index contributed by atoms with van der Waals surface area (Å²) in [5.74, 6) is 0.314. The first kappa shape index (κ1) is 22.8. The topological polar surface area (TPSA) is 79.2 Å². The van der Waals surface area contributed by atoms with E-state index in [-0.39, 0.29) is 5.97 Å². The van der Waals surface area contributed by atoms with Gasteiger partial charge in [0, 0.05) is 12.1 Å². The minimum atomic E-state index is -1.52. The standard InChI is InChI=1S/C27H29NO5/c1-27(2,3)33-26(31)22-7-5-4-6-21(22)19-10-8-18(9-11-19)17-28-14-15-32-24-16-20(25(29)30)12-13-23(24)28/h4-13,16,25,29-30H,14-15,17H2,1-3H3. The van der Waals surface area contributed by atoms with Crippen LogP contribution in [0.3, 0.4) is 0 Å². The van der Waals surface area contributed by atoms with Crippen LogP contribution in [0.2, 0.25) is 0 Å². The van der Waals surface area contributed by atoms with E-state index in [4.69, 9.17) is 9.47 Å². The number of nitrogens with zero attached hydrogens (tertiary/aromatic N) is 1. The molecule has 0 atom stereocenters. The number of anilines is 1. The molecule has 0 aromatic heterocycles. The van der Waals surface area contributed by atoms with Crippen LogP contribution in [0.15, 0.2) is 66.7 Å². The first-order valence-electron chi connectivity index (χ1n) is 11.0. The van der Waals surface area contributed by atoms with E-state index in [0.29, 0.717) is 30.0 Å². The Morgan fingerprint density at radius 2 is 1.79 bits per heavy atom. The van der Waals surface area contributed by atoms with Gasteiger partial charge in [0.1, 0.15) is 18.0 Å². The lowest BCUT2D eigenvalue weighted by atomic mass is 9.98. The first-order valence-corrected chi connectivity index (χ1v) is 11.0. The number of aliphatic hydroxyl groups is 2. The van der Waals surface area contributed by atoms with E-state index >= 15 is 0 Å². The number of hydrogen-bond acceptors (Lipinski definition) is 6. The smallest absolute Gasteiger partial charge is 0.339 e. The molecule has 0 saturated carbocycles. The van der Waals surface area contributed by atoms with Crippen LogP contribution in [-0.2, 0) is 11.3 Å². The highest BCUT2D eigenvalue weighted by atomic mass is 16.6. The van der Waals surface area contributed by atoms with Gasteiger partial charge in [-0.2, -0.15) is 0 Å². The van der Waals surface area contributed by atoms with Crippen LogP contribution in [0, 0.1) is 0 Å². The lowest BCUT2D eigenvalue weighted by molar-refractivity contribution is -0.0426. The summed E-state index contributed by atoms with van der Waals surface area (Å²) in [4.78, 5) is 14.9. The number of hydrogen-bond donors (Lipinski definition) is 2. The summed E-state index contributed by atoms with van der Waals surface area (Å²) < 4.78 is 11.3. The number of benzene rings is 3. The molecule has 6 nitrogen and oxygen atoms in total. The number of carbonyl (C=O) groups is 1. The molecule has 0 bridgehead atoms. The molecule has 0 radical (unpaired) electrons. The number of fused-ring (bicyclic) bond motifs is 1. The second-order valence-electron chi connectivity index (χ2n) is 9.12. The Kier molecular flexibility index (Phi) is 6.40. The molecule has 0 amide bonds. The van der Waals surface area contributed by atoms with E-state index in [1.165, 1.54) is 0 Å². The fraction of sp³-hybridized carbons (Fsp3) is 0.296. The Labute approximate surface area is 194 Å². The Bertz CT molecular complexity index is 1130. The van der Waals surface area contributed by atoms with E-state index in [2.05, 4.69) is 17.0 Å². The van der Waals surface area contributed by atoms with Crippen molar-refractivity contribution in [2.75, 3.05) is 18.1 Å². The third-order valence-corrected chi connectivity index (χ3v) is 5.43. The maximum absolute atomic E-state index is 12.7. The van der Waals surface area contributed by atoms with Gasteiger partial charge in [-0.3, -0.25) is 0 Å². The fourth-order valence-electron chi connectivity index (χ4n) is 3.87. The van der Waals surface area contributed by atoms with E-state index < -0.39 is 11.9 Å². The fourth-order valence-corrected chi connectivity index (χ4v) is 3.87. The maximum atomic E-state index is 12.7. The Morgan fingerprint density at radius 1 is 1.06 bits per heavy atom. The average molecular weight is 448 g/mol. The normalized spacial score (nSPS) is 13.5. The van der Waals surface area contributed by atoms with Gasteiger partial charge in [-0.25, -0.2) is 4.79 Å². The number of esters is 1. The van der Waals surface area contributed by atoms with E-state index in [0.717, 1.165) is 28.9 Å². The predicted molar refractivity (Wildman–Crippen MR) is 127 cm³/mol. The van der Waals surface area contributed by atoms with Crippen molar-refractivity contribution in [3.63, 3.8) is 0 Å². The van der Waals surface area contributed by atoms with Gasteiger partial charge < -0.3 is 24.6 Å². The molecule has 3 aromatic rings. The van der Waals surface area contributed by atoms with Crippen molar-refractivity contribution in [2.45, 2.75) is 39.2 Å². The van der Waals surface area contributed by atoms with Gasteiger partial charge in [0.05, 0.1) is 17.8 Å². The predicted octanol–water partition coefficient (Wildman–Crippen LogP) is 4.69. The zero-order valence-electron chi connectivity index (χ0n) is 19.1. The van der Waals surface area contributed by atoms with Crippen LogP contribution in [0.25, 0.3) is 11.1 Å². The summed E-state index contributed by atoms with van der Waals surface area (Å²) in [6.07, 6.45) is -1.52. The molecule has 0 fully saturated rings. The van der Waals surface area contributed by atoms with E-state index in [1.54, 1.807) is 18.2 Å². The summed E-state index contributed by atoms with van der Waals surface area (Å²) in [7, 11) is 0. The SMILES string of the molecule is CC(C)(C)OC(=O)c1ccccc1-c1ccc(CN2CCOc3cc(C(O)O)ccc32)cc1. The summed E-state index contributed by atoms with van der Waals surface area (Å²) in [6.45, 7) is 7.53. The van der Waals surface area contributed by atoms with Gasteiger partial charge in [-0.15, -0.1) is 0 Å². The summed E-state index contributed by atoms with van der Waals surface area (Å²) in [5, 5.41) is 18.8. The molecule has 4 rings (SSSR count). The molecule has 1 aliphatic rings. The Balaban J connectivity index is 1.54. The van der Waals surface area contributed by atoms with Crippen LogP contribution < -0.4 is 9.64 Å². The highest BCUT2D eigenvalue weighted by molar-refractivity contribution is 5.97. The molecule has 6 heteroatoms. The summed E-state index contributed by atoms with van der Waals surface area (Å²) >= 11 is 0. The largest absolute Gasteiger partial charge is 0.490 e. The molecule has 0 unspecified atom stereocenters. The Morgan fingerprint density at radius 3 is 2.48 bits per heavy atom. The minimum Gasteiger partial charge on any atom is -0.490 e. The summed E-state index contributed by atoms with van der Waals surface area (Å²) in [5.41, 5.74) is 4.22. The van der Waals surface area contributed by atoms with Crippen LogP contribution in [0.4, 0.5) is 5.69 Å². The van der Waals surface area contributed by atoms with Crippen LogP contribution >= 0.6 is 0 Å². The van der Waals surface area contributed by atoms with Gasteiger partial charge in [0.25, 0.3) is 0 Å². The van der Waals surface area contributed by atoms with Gasteiger partial charge in [0.2, 0.25) is 0 Å². The first-order chi connectivity index (χ1) is 15.7. The number of rotatable bonds is 5. The summed E-state index contributed by atoms with van der Waals surface area (Å²) in [6, 6.07) is 20.9. The molecule has 33 heavy (non-hydrogen) atoms. The third-order valence-electron chi connectivity index (χ3n) is 5.43. The quantitative estimate of drug-likeness (QED) is 0.436. The van der Waals surface area contributed by atoms with Gasteiger partial charge >= 0.3 is 5.97 Å². The minimum absolute atomic E-state index is 0.334. The van der Waals surface area contributed by atoms with Crippen LogP contribution in [0.5, 0.6) is 5.75 Å². The van der Waals surface area contributed by atoms with Crippen molar-refractivity contribution in [2.24, 2.45) is 0 Å². The molecular weight excluding hydrogens is 418 g/mol. The molecule has 0 saturated heterocycles. The zero-order chi connectivity index (χ0) is 23.6. The second-order valence-corrected chi connectivity index (χ2v) is 9.12. The average Bonchev–Trinajstić information content (AvgIpc) is 2.78. The highest BCUT2D eigenvalue weighted by Crippen LogP contribution is 2.35. The molecule has 2 N–H and O–H groups in total. The molecule has 172 valence electrons. The van der Waals surface area contributed by atoms with Crippen LogP contribution in [0.1, 0.15) is 48.5 Å². The zero-order valence-corrected chi connectivity index (χ0v) is 19.1. The van der Waals surface area contributed by atoms with Crippen molar-refractivity contribution in [3.05, 3.63) is 83.4 Å². The van der Waals surface area contributed by atoms with Crippen molar-refractivity contribution >= 4 is 11.7 Å². The molecular formula is C27H29NO5. The highest BCUT2D eigenvalue weighted by Gasteiger charge is 2.22. The molecule has 0 spiro atoms. The van der Waals surface area contributed by atoms with Gasteiger partial charge in [0.15, 0.2) is 6.29 Å². The van der Waals surface area contributed by atoms with Crippen LogP contribution in [-0.4, -0.2) is 34.9 Å². The molecule has 0 aliphatic carbocycles. The monoisotopic (exact) mass is 447 g/mol. The molecule has 1 aliphatic heterocycles. The van der Waals surface area contributed by atoms with E-state index in [9.17, 15) is 15.0 Å². The molecule has 1 heterocycles. The third kappa shape index (κ3) is 5.35. The lowest BCUT2D eigenvalue weighted by Crippen LogP contribution is -2.32. The van der Waals surface area contributed by atoms with Crippen molar-refractivity contribution in [3.8, 4) is 16.9 Å². The van der Waals surface area contributed by atoms with Crippen molar-refractivity contribution in [1.29, 1.82) is 0 Å². The van der Waals surface area contributed by atoms with Crippen molar-refractivity contribution < 1.29 is 24.5 Å². The number of aliphatic hydroxyl groups excluding tert-OH is 1.